The summed E-state index contributed by atoms with van der Waals surface area (Å²) in [4.78, 5) is 19.0. The van der Waals surface area contributed by atoms with Gasteiger partial charge in [-0.15, -0.1) is 0 Å². The number of pyridine rings is 1. The number of aromatic nitrogens is 1. The molecular weight excluding hydrogens is 502 g/mol. The first-order valence-electron chi connectivity index (χ1n) is 13.5. The second-order valence-corrected chi connectivity index (χ2v) is 10.8. The van der Waals surface area contributed by atoms with Gasteiger partial charge in [-0.25, -0.2) is 4.79 Å². The Balaban J connectivity index is 1.26. The zero-order valence-electron chi connectivity index (χ0n) is 23.2. The fourth-order valence-electron chi connectivity index (χ4n) is 4.40. The highest BCUT2D eigenvalue weighted by molar-refractivity contribution is 5.72. The van der Waals surface area contributed by atoms with Crippen molar-refractivity contribution < 1.29 is 19.0 Å². The number of carbonyl (C=O) groups is 1. The predicted octanol–water partition coefficient (Wildman–Crippen LogP) is 6.62. The summed E-state index contributed by atoms with van der Waals surface area (Å²) < 4.78 is 17.5. The van der Waals surface area contributed by atoms with Crippen LogP contribution in [0, 0.1) is 0 Å². The quantitative estimate of drug-likeness (QED) is 0.259. The average Bonchev–Trinajstić information content (AvgIpc) is 2.93. The second kappa shape index (κ2) is 12.1. The normalized spacial score (nSPS) is 13.3. The van der Waals surface area contributed by atoms with E-state index in [2.05, 4.69) is 34.5 Å². The topological polar surface area (TPSA) is 72.9 Å². The molecule has 0 bridgehead atoms. The van der Waals surface area contributed by atoms with Gasteiger partial charge in [0.25, 0.3) is 0 Å². The van der Waals surface area contributed by atoms with Crippen molar-refractivity contribution in [2.45, 2.75) is 45.6 Å². The first-order chi connectivity index (χ1) is 19.3. The van der Waals surface area contributed by atoms with Crippen LogP contribution in [0.3, 0.4) is 0 Å². The van der Waals surface area contributed by atoms with Crippen LogP contribution in [0.15, 0.2) is 97.1 Å². The molecule has 1 amide bonds. The van der Waals surface area contributed by atoms with Crippen molar-refractivity contribution in [2.24, 2.45) is 0 Å². The van der Waals surface area contributed by atoms with Crippen molar-refractivity contribution >= 4 is 11.8 Å². The highest BCUT2D eigenvalue weighted by Crippen LogP contribution is 2.33. The third kappa shape index (κ3) is 7.32. The molecular formula is C33H35N3O4. The highest BCUT2D eigenvalue weighted by atomic mass is 16.6. The largest absolute Gasteiger partial charge is 0.473 e. The summed E-state index contributed by atoms with van der Waals surface area (Å²) in [6.45, 7) is 7.89. The monoisotopic (exact) mass is 537 g/mol. The van der Waals surface area contributed by atoms with Gasteiger partial charge in [0.05, 0.1) is 6.04 Å². The minimum atomic E-state index is -0.506. The minimum Gasteiger partial charge on any atom is -0.473 e. The predicted molar refractivity (Wildman–Crippen MR) is 157 cm³/mol. The number of rotatable bonds is 9. The second-order valence-electron chi connectivity index (χ2n) is 10.8. The van der Waals surface area contributed by atoms with Crippen molar-refractivity contribution in [3.05, 3.63) is 108 Å². The number of hydrogen-bond donors (Lipinski definition) is 1. The Morgan fingerprint density at radius 1 is 0.825 bits per heavy atom. The maximum Gasteiger partial charge on any atom is 0.407 e. The van der Waals surface area contributed by atoms with E-state index in [1.54, 1.807) is 0 Å². The van der Waals surface area contributed by atoms with E-state index in [1.165, 1.54) is 0 Å². The molecule has 1 aliphatic heterocycles. The molecule has 0 unspecified atom stereocenters. The molecule has 4 aromatic rings. The number of benzene rings is 3. The van der Waals surface area contributed by atoms with Crippen LogP contribution < -0.4 is 19.7 Å². The first-order valence-corrected chi connectivity index (χ1v) is 13.5. The van der Waals surface area contributed by atoms with Gasteiger partial charge in [0.2, 0.25) is 11.8 Å². The summed E-state index contributed by atoms with van der Waals surface area (Å²) in [6, 6.07) is 32.3. The summed E-state index contributed by atoms with van der Waals surface area (Å²) >= 11 is 0. The van der Waals surface area contributed by atoms with Crippen molar-refractivity contribution in [1.29, 1.82) is 0 Å². The van der Waals surface area contributed by atoms with Crippen molar-refractivity contribution in [1.82, 2.24) is 10.3 Å². The Kier molecular flexibility index (Phi) is 8.20. The lowest BCUT2D eigenvalue weighted by Gasteiger charge is -2.41. The number of ether oxygens (including phenoxy) is 3. The Morgan fingerprint density at radius 2 is 1.43 bits per heavy atom. The van der Waals surface area contributed by atoms with Crippen LogP contribution in [-0.4, -0.2) is 35.8 Å². The summed E-state index contributed by atoms with van der Waals surface area (Å²) in [5, 5.41) is 2.93. The van der Waals surface area contributed by atoms with Crippen LogP contribution in [0.25, 0.3) is 11.1 Å². The van der Waals surface area contributed by atoms with E-state index in [9.17, 15) is 4.79 Å². The van der Waals surface area contributed by atoms with Gasteiger partial charge in [0.15, 0.2) is 0 Å². The van der Waals surface area contributed by atoms with E-state index in [0.29, 0.717) is 25.0 Å². The molecule has 1 N–H and O–H groups in total. The standard InChI is InChI=1S/C33H35N3O4/c1-33(2,3)40-32(37)34-27-20-36(21-27)28-16-14-26(15-17-28)29-18-19-30(38-22-24-10-6-4-7-11-24)35-31(29)39-23-25-12-8-5-9-13-25/h4-19,27H,20-23H2,1-3H3,(H,34,37). The molecule has 1 fully saturated rings. The Morgan fingerprint density at radius 3 is 2.02 bits per heavy atom. The lowest BCUT2D eigenvalue weighted by Crippen LogP contribution is -2.60. The lowest BCUT2D eigenvalue weighted by molar-refractivity contribution is 0.0496. The van der Waals surface area contributed by atoms with Gasteiger partial charge in [0.1, 0.15) is 18.8 Å². The summed E-state index contributed by atoms with van der Waals surface area (Å²) in [6.07, 6.45) is -0.376. The van der Waals surface area contributed by atoms with E-state index in [4.69, 9.17) is 19.2 Å². The molecule has 7 heteroatoms. The van der Waals surface area contributed by atoms with Crippen LogP contribution in [0.2, 0.25) is 0 Å². The maximum atomic E-state index is 12.0. The number of hydrogen-bond acceptors (Lipinski definition) is 6. The van der Waals surface area contributed by atoms with Crippen LogP contribution in [0.1, 0.15) is 31.9 Å². The molecule has 206 valence electrons. The molecule has 1 saturated heterocycles. The number of nitrogens with zero attached hydrogens (tertiary/aromatic N) is 2. The Labute approximate surface area is 235 Å². The zero-order chi connectivity index (χ0) is 28.0. The Hall–Kier alpha value is -4.52. The van der Waals surface area contributed by atoms with Crippen LogP contribution >= 0.6 is 0 Å². The summed E-state index contributed by atoms with van der Waals surface area (Å²) in [7, 11) is 0. The first kappa shape index (κ1) is 27.1. The fourth-order valence-corrected chi connectivity index (χ4v) is 4.40. The number of alkyl carbamates (subject to hydrolysis) is 1. The molecule has 3 aromatic carbocycles. The van der Waals surface area contributed by atoms with Crippen LogP contribution in [-0.2, 0) is 18.0 Å². The molecule has 2 heterocycles. The zero-order valence-corrected chi connectivity index (χ0v) is 23.2. The third-order valence-corrected chi connectivity index (χ3v) is 6.43. The molecule has 7 nitrogen and oxygen atoms in total. The number of amides is 1. The molecule has 0 aliphatic carbocycles. The molecule has 1 aromatic heterocycles. The van der Waals surface area contributed by atoms with Gasteiger partial charge >= 0.3 is 6.09 Å². The molecule has 0 spiro atoms. The molecule has 40 heavy (non-hydrogen) atoms. The van der Waals surface area contributed by atoms with Crippen LogP contribution in [0.5, 0.6) is 11.8 Å². The fraction of sp³-hybridized carbons (Fsp3) is 0.273. The molecule has 0 atom stereocenters. The molecule has 1 aliphatic rings. The minimum absolute atomic E-state index is 0.0696. The summed E-state index contributed by atoms with van der Waals surface area (Å²) in [5.74, 6) is 1.03. The number of carbonyl (C=O) groups excluding carboxylic acids is 1. The SMILES string of the molecule is CC(C)(C)OC(=O)NC1CN(c2ccc(-c3ccc(OCc4ccccc4)nc3OCc3ccccc3)cc2)C1. The maximum absolute atomic E-state index is 12.0. The van der Waals surface area contributed by atoms with E-state index in [1.807, 2.05) is 93.6 Å². The van der Waals surface area contributed by atoms with E-state index >= 15 is 0 Å². The van der Waals surface area contributed by atoms with Gasteiger partial charge < -0.3 is 24.4 Å². The van der Waals surface area contributed by atoms with Gasteiger partial charge in [0, 0.05) is 30.4 Å². The lowest BCUT2D eigenvalue weighted by atomic mass is 10.0. The van der Waals surface area contributed by atoms with Crippen molar-refractivity contribution in [2.75, 3.05) is 18.0 Å². The van der Waals surface area contributed by atoms with Crippen molar-refractivity contribution in [3.63, 3.8) is 0 Å². The van der Waals surface area contributed by atoms with Crippen LogP contribution in [0.4, 0.5) is 10.5 Å². The summed E-state index contributed by atoms with van der Waals surface area (Å²) in [5.41, 5.74) is 4.61. The van der Waals surface area contributed by atoms with Gasteiger partial charge in [-0.3, -0.25) is 0 Å². The van der Waals surface area contributed by atoms with Gasteiger partial charge in [-0.2, -0.15) is 4.98 Å². The van der Waals surface area contributed by atoms with Gasteiger partial charge in [-0.05, 0) is 55.7 Å². The molecule has 0 saturated carbocycles. The number of anilines is 1. The molecule has 5 rings (SSSR count). The smallest absolute Gasteiger partial charge is 0.407 e. The van der Waals surface area contributed by atoms with Gasteiger partial charge in [-0.1, -0.05) is 72.8 Å². The molecule has 0 radical (unpaired) electrons. The van der Waals surface area contributed by atoms with E-state index in [-0.39, 0.29) is 12.1 Å². The number of nitrogens with one attached hydrogen (secondary N) is 1. The highest BCUT2D eigenvalue weighted by Gasteiger charge is 2.30. The third-order valence-electron chi connectivity index (χ3n) is 6.43. The Bertz CT molecular complexity index is 1400. The van der Waals surface area contributed by atoms with Crippen molar-refractivity contribution in [3.8, 4) is 22.9 Å². The average molecular weight is 538 g/mol. The van der Waals surface area contributed by atoms with E-state index in [0.717, 1.165) is 41.0 Å². The van der Waals surface area contributed by atoms with E-state index < -0.39 is 5.60 Å².